The summed E-state index contributed by atoms with van der Waals surface area (Å²) in [5, 5.41) is 24.0. The van der Waals surface area contributed by atoms with Crippen LogP contribution in [0.1, 0.15) is 36.0 Å². The molecule has 106 valence electrons. The molecule has 0 aromatic heterocycles. The molecule has 1 aliphatic rings. The van der Waals surface area contributed by atoms with Crippen LogP contribution in [-0.4, -0.2) is 16.6 Å². The Balaban J connectivity index is 1.95. The maximum Gasteiger partial charge on any atom is 0.256 e. The summed E-state index contributed by atoms with van der Waals surface area (Å²) in [6, 6.07) is 13.0. The zero-order valence-corrected chi connectivity index (χ0v) is 11.6. The molecule has 0 heterocycles. The zero-order chi connectivity index (χ0) is 14.9. The second-order valence-corrected chi connectivity index (χ2v) is 5.54. The van der Waals surface area contributed by atoms with E-state index < -0.39 is 5.54 Å². The second kappa shape index (κ2) is 5.10. The summed E-state index contributed by atoms with van der Waals surface area (Å²) in [6.45, 7) is 0. The molecular weight excluding hydrogens is 264 g/mol. The van der Waals surface area contributed by atoms with E-state index in [1.165, 1.54) is 0 Å². The van der Waals surface area contributed by atoms with Gasteiger partial charge in [0.1, 0.15) is 11.3 Å². The molecule has 2 aromatic rings. The lowest BCUT2D eigenvalue weighted by Crippen LogP contribution is -2.45. The zero-order valence-electron chi connectivity index (χ0n) is 11.6. The number of carbonyl (C=O) groups is 1. The number of nitriles is 1. The minimum absolute atomic E-state index is 0.0308. The fourth-order valence-corrected chi connectivity index (χ4v) is 2.97. The first kappa shape index (κ1) is 13.4. The molecule has 4 nitrogen and oxygen atoms in total. The maximum absolute atomic E-state index is 12.4. The molecule has 0 radical (unpaired) electrons. The second-order valence-electron chi connectivity index (χ2n) is 5.54. The van der Waals surface area contributed by atoms with E-state index in [4.69, 9.17) is 0 Å². The van der Waals surface area contributed by atoms with Gasteiger partial charge in [-0.05, 0) is 37.1 Å². The number of phenols is 1. The van der Waals surface area contributed by atoms with E-state index in [1.807, 2.05) is 18.2 Å². The van der Waals surface area contributed by atoms with Crippen molar-refractivity contribution in [1.82, 2.24) is 5.32 Å². The molecule has 1 fully saturated rings. The third kappa shape index (κ3) is 2.31. The molecule has 0 spiro atoms. The first-order valence-corrected chi connectivity index (χ1v) is 7.10. The molecule has 1 amide bonds. The van der Waals surface area contributed by atoms with Gasteiger partial charge in [0, 0.05) is 5.39 Å². The molecule has 0 atom stereocenters. The number of carbonyl (C=O) groups excluding carboxylic acids is 1. The van der Waals surface area contributed by atoms with Crippen molar-refractivity contribution < 1.29 is 9.90 Å². The highest BCUT2D eigenvalue weighted by Gasteiger charge is 2.36. The summed E-state index contributed by atoms with van der Waals surface area (Å²) < 4.78 is 0. The van der Waals surface area contributed by atoms with Crippen LogP contribution < -0.4 is 5.32 Å². The summed E-state index contributed by atoms with van der Waals surface area (Å²) in [6.07, 6.45) is 3.22. The Bertz CT molecular complexity index is 740. The standard InChI is InChI=1S/C17H16N2O2/c18-11-17(9-3-4-10-17)19-16(21)14-8-7-12-5-1-2-6-13(12)15(14)20/h1-2,5-8,20H,3-4,9-10H2,(H,19,21). The number of aromatic hydroxyl groups is 1. The van der Waals surface area contributed by atoms with Crippen molar-refractivity contribution >= 4 is 16.7 Å². The van der Waals surface area contributed by atoms with Crippen LogP contribution in [-0.2, 0) is 0 Å². The van der Waals surface area contributed by atoms with Gasteiger partial charge >= 0.3 is 0 Å². The molecular formula is C17H16N2O2. The van der Waals surface area contributed by atoms with Crippen molar-refractivity contribution in [3.8, 4) is 11.8 Å². The van der Waals surface area contributed by atoms with E-state index in [1.54, 1.807) is 18.2 Å². The highest BCUT2D eigenvalue weighted by atomic mass is 16.3. The smallest absolute Gasteiger partial charge is 0.256 e. The fraction of sp³-hybridized carbons (Fsp3) is 0.294. The Labute approximate surface area is 123 Å². The van der Waals surface area contributed by atoms with Gasteiger partial charge in [0.15, 0.2) is 0 Å². The van der Waals surface area contributed by atoms with Gasteiger partial charge in [-0.1, -0.05) is 30.3 Å². The van der Waals surface area contributed by atoms with E-state index in [0.29, 0.717) is 18.2 Å². The molecule has 0 bridgehead atoms. The van der Waals surface area contributed by atoms with Crippen LogP contribution in [0.4, 0.5) is 0 Å². The number of rotatable bonds is 2. The van der Waals surface area contributed by atoms with E-state index in [0.717, 1.165) is 18.2 Å². The number of fused-ring (bicyclic) bond motifs is 1. The highest BCUT2D eigenvalue weighted by molar-refractivity contribution is 6.03. The molecule has 0 aliphatic heterocycles. The monoisotopic (exact) mass is 280 g/mol. The van der Waals surface area contributed by atoms with E-state index in [-0.39, 0.29) is 17.2 Å². The number of amides is 1. The molecule has 2 aromatic carbocycles. The van der Waals surface area contributed by atoms with Crippen molar-refractivity contribution in [3.63, 3.8) is 0 Å². The minimum Gasteiger partial charge on any atom is -0.506 e. The number of nitrogens with one attached hydrogen (secondary N) is 1. The van der Waals surface area contributed by atoms with E-state index >= 15 is 0 Å². The first-order chi connectivity index (χ1) is 10.2. The van der Waals surface area contributed by atoms with Gasteiger partial charge in [-0.25, -0.2) is 0 Å². The van der Waals surface area contributed by atoms with Gasteiger partial charge in [-0.3, -0.25) is 4.79 Å². The third-order valence-electron chi connectivity index (χ3n) is 4.17. The van der Waals surface area contributed by atoms with Crippen LogP contribution >= 0.6 is 0 Å². The predicted octanol–water partition coefficient (Wildman–Crippen LogP) is 3.11. The molecule has 4 heteroatoms. The predicted molar refractivity (Wildman–Crippen MR) is 79.9 cm³/mol. The van der Waals surface area contributed by atoms with Crippen LogP contribution in [0, 0.1) is 11.3 Å². The quantitative estimate of drug-likeness (QED) is 0.887. The maximum atomic E-state index is 12.4. The number of hydrogen-bond acceptors (Lipinski definition) is 3. The largest absolute Gasteiger partial charge is 0.506 e. The van der Waals surface area contributed by atoms with Gasteiger partial charge < -0.3 is 10.4 Å². The Morgan fingerprint density at radius 2 is 1.90 bits per heavy atom. The lowest BCUT2D eigenvalue weighted by molar-refractivity contribution is 0.0918. The Hall–Kier alpha value is -2.54. The average Bonchev–Trinajstić information content (AvgIpc) is 2.97. The summed E-state index contributed by atoms with van der Waals surface area (Å²) in [7, 11) is 0. The van der Waals surface area contributed by atoms with Crippen molar-refractivity contribution in [2.45, 2.75) is 31.2 Å². The number of benzene rings is 2. The van der Waals surface area contributed by atoms with Gasteiger partial charge in [-0.15, -0.1) is 0 Å². The minimum atomic E-state index is -0.783. The summed E-state index contributed by atoms with van der Waals surface area (Å²) >= 11 is 0. The summed E-state index contributed by atoms with van der Waals surface area (Å²) in [4.78, 5) is 12.4. The van der Waals surface area contributed by atoms with E-state index in [2.05, 4.69) is 11.4 Å². The molecule has 0 unspecified atom stereocenters. The van der Waals surface area contributed by atoms with E-state index in [9.17, 15) is 15.2 Å². The van der Waals surface area contributed by atoms with Crippen molar-refractivity contribution in [1.29, 1.82) is 5.26 Å². The van der Waals surface area contributed by atoms with Gasteiger partial charge in [0.25, 0.3) is 5.91 Å². The van der Waals surface area contributed by atoms with Crippen LogP contribution in [0.3, 0.4) is 0 Å². The van der Waals surface area contributed by atoms with Crippen LogP contribution in [0.15, 0.2) is 36.4 Å². The van der Waals surface area contributed by atoms with Crippen molar-refractivity contribution in [3.05, 3.63) is 42.0 Å². The molecule has 2 N–H and O–H groups in total. The summed E-state index contributed by atoms with van der Waals surface area (Å²) in [5.74, 6) is -0.418. The Morgan fingerprint density at radius 1 is 1.19 bits per heavy atom. The third-order valence-corrected chi connectivity index (χ3v) is 4.17. The first-order valence-electron chi connectivity index (χ1n) is 7.10. The molecule has 3 rings (SSSR count). The van der Waals surface area contributed by atoms with Crippen molar-refractivity contribution in [2.75, 3.05) is 0 Å². The van der Waals surface area contributed by atoms with Crippen LogP contribution in [0.25, 0.3) is 10.8 Å². The van der Waals surface area contributed by atoms with Crippen LogP contribution in [0.2, 0.25) is 0 Å². The average molecular weight is 280 g/mol. The molecule has 1 aliphatic carbocycles. The Kier molecular flexibility index (Phi) is 3.26. The SMILES string of the molecule is N#CC1(NC(=O)c2ccc3ccccc3c2O)CCCC1. The number of hydrogen-bond donors (Lipinski definition) is 2. The Morgan fingerprint density at radius 3 is 2.62 bits per heavy atom. The summed E-state index contributed by atoms with van der Waals surface area (Å²) in [5.41, 5.74) is -0.565. The number of phenolic OH excluding ortho intramolecular Hbond substituents is 1. The highest BCUT2D eigenvalue weighted by Crippen LogP contribution is 2.32. The topological polar surface area (TPSA) is 73.1 Å². The lowest BCUT2D eigenvalue weighted by Gasteiger charge is -2.22. The lowest BCUT2D eigenvalue weighted by atomic mass is 9.98. The van der Waals surface area contributed by atoms with Crippen LogP contribution in [0.5, 0.6) is 5.75 Å². The van der Waals surface area contributed by atoms with Crippen molar-refractivity contribution in [2.24, 2.45) is 0 Å². The normalized spacial score (nSPS) is 16.5. The fourth-order valence-electron chi connectivity index (χ4n) is 2.97. The van der Waals surface area contributed by atoms with Gasteiger partial charge in [-0.2, -0.15) is 5.26 Å². The number of nitrogens with zero attached hydrogens (tertiary/aromatic N) is 1. The molecule has 0 saturated heterocycles. The molecule has 1 saturated carbocycles. The molecule has 21 heavy (non-hydrogen) atoms. The van der Waals surface area contributed by atoms with Gasteiger partial charge in [0.05, 0.1) is 11.6 Å². The van der Waals surface area contributed by atoms with Gasteiger partial charge in [0.2, 0.25) is 0 Å².